The van der Waals surface area contributed by atoms with Crippen LogP contribution in [0.15, 0.2) is 0 Å². The van der Waals surface area contributed by atoms with E-state index < -0.39 is 5.97 Å². The summed E-state index contributed by atoms with van der Waals surface area (Å²) < 4.78 is 5.72. The Balaban J connectivity index is 2.02. The standard InChI is InChI=1S/C13H19NO3S/c1-8(7-13(3)5-4-6-13)17-11-10(12(15)16)18-9(2)14-11/h8H,4-7H2,1-3H3,(H,15,16)/t8-/m0/s1. The number of nitrogens with zero attached hydrogens (tertiary/aromatic N) is 1. The van der Waals surface area contributed by atoms with E-state index in [1.54, 1.807) is 6.92 Å². The van der Waals surface area contributed by atoms with Crippen molar-refractivity contribution in [1.82, 2.24) is 4.98 Å². The molecule has 0 saturated heterocycles. The van der Waals surface area contributed by atoms with Crippen LogP contribution in [-0.4, -0.2) is 22.2 Å². The molecule has 0 bridgehead atoms. The van der Waals surface area contributed by atoms with E-state index in [0.29, 0.717) is 5.41 Å². The Morgan fingerprint density at radius 3 is 2.78 bits per heavy atom. The minimum Gasteiger partial charge on any atom is -0.477 e. The number of hydrogen-bond donors (Lipinski definition) is 1. The van der Waals surface area contributed by atoms with Gasteiger partial charge in [0.25, 0.3) is 0 Å². The molecule has 1 fully saturated rings. The molecule has 0 aliphatic heterocycles. The van der Waals surface area contributed by atoms with Crippen molar-refractivity contribution in [1.29, 1.82) is 0 Å². The van der Waals surface area contributed by atoms with Gasteiger partial charge in [0.2, 0.25) is 5.88 Å². The van der Waals surface area contributed by atoms with Crippen molar-refractivity contribution in [2.75, 3.05) is 0 Å². The first-order valence-corrected chi connectivity index (χ1v) is 7.09. The summed E-state index contributed by atoms with van der Waals surface area (Å²) in [6.45, 7) is 6.05. The zero-order valence-electron chi connectivity index (χ0n) is 11.0. The van der Waals surface area contributed by atoms with Gasteiger partial charge in [0.15, 0.2) is 4.88 Å². The number of hydrogen-bond acceptors (Lipinski definition) is 4. The molecular formula is C13H19NO3S. The van der Waals surface area contributed by atoms with Crippen LogP contribution in [0.3, 0.4) is 0 Å². The van der Waals surface area contributed by atoms with Gasteiger partial charge in [0.1, 0.15) is 0 Å². The normalized spacial score (nSPS) is 19.1. The summed E-state index contributed by atoms with van der Waals surface area (Å²) >= 11 is 1.17. The van der Waals surface area contributed by atoms with Crippen LogP contribution in [0, 0.1) is 12.3 Å². The predicted molar refractivity (Wildman–Crippen MR) is 70.5 cm³/mol. The molecule has 5 heteroatoms. The lowest BCUT2D eigenvalue weighted by molar-refractivity contribution is 0.0661. The molecule has 0 unspecified atom stereocenters. The highest BCUT2D eigenvalue weighted by Crippen LogP contribution is 2.44. The number of rotatable bonds is 5. The third-order valence-corrected chi connectivity index (χ3v) is 4.49. The monoisotopic (exact) mass is 269 g/mol. The van der Waals surface area contributed by atoms with Gasteiger partial charge in [-0.15, -0.1) is 11.3 Å². The summed E-state index contributed by atoms with van der Waals surface area (Å²) in [6.07, 6.45) is 4.74. The Hall–Kier alpha value is -1.10. The molecule has 1 atom stereocenters. The van der Waals surface area contributed by atoms with E-state index in [0.717, 1.165) is 11.4 Å². The Morgan fingerprint density at radius 2 is 2.28 bits per heavy atom. The van der Waals surface area contributed by atoms with E-state index in [4.69, 9.17) is 9.84 Å². The first-order chi connectivity index (χ1) is 8.39. The van der Waals surface area contributed by atoms with Gasteiger partial charge in [-0.25, -0.2) is 9.78 Å². The van der Waals surface area contributed by atoms with Crippen LogP contribution in [0.25, 0.3) is 0 Å². The van der Waals surface area contributed by atoms with E-state index in [2.05, 4.69) is 11.9 Å². The molecule has 1 aromatic rings. The Kier molecular flexibility index (Phi) is 3.61. The van der Waals surface area contributed by atoms with Crippen molar-refractivity contribution >= 4 is 17.3 Å². The number of carboxylic acids is 1. The Bertz CT molecular complexity index is 451. The van der Waals surface area contributed by atoms with E-state index in [1.807, 2.05) is 6.92 Å². The maximum atomic E-state index is 11.1. The number of aryl methyl sites for hydroxylation is 1. The molecule has 1 N–H and O–H groups in total. The molecule has 2 rings (SSSR count). The average Bonchev–Trinajstić information content (AvgIpc) is 2.57. The van der Waals surface area contributed by atoms with Crippen LogP contribution >= 0.6 is 11.3 Å². The molecule has 0 spiro atoms. The lowest BCUT2D eigenvalue weighted by Gasteiger charge is -2.40. The third-order valence-electron chi connectivity index (χ3n) is 3.55. The van der Waals surface area contributed by atoms with E-state index >= 15 is 0 Å². The smallest absolute Gasteiger partial charge is 0.351 e. The zero-order valence-corrected chi connectivity index (χ0v) is 11.8. The van der Waals surface area contributed by atoms with Crippen LogP contribution in [0.5, 0.6) is 5.88 Å². The molecule has 1 aliphatic carbocycles. The quantitative estimate of drug-likeness (QED) is 0.888. The van der Waals surface area contributed by atoms with Crippen LogP contribution in [0.1, 0.15) is 54.2 Å². The number of carbonyl (C=O) groups is 1. The molecular weight excluding hydrogens is 250 g/mol. The minimum absolute atomic E-state index is 0.00917. The summed E-state index contributed by atoms with van der Waals surface area (Å²) in [7, 11) is 0. The molecule has 100 valence electrons. The number of ether oxygens (including phenoxy) is 1. The molecule has 1 saturated carbocycles. The molecule has 4 nitrogen and oxygen atoms in total. The zero-order chi connectivity index (χ0) is 13.3. The van der Waals surface area contributed by atoms with E-state index in [9.17, 15) is 4.79 Å². The highest BCUT2D eigenvalue weighted by atomic mass is 32.1. The van der Waals surface area contributed by atoms with Gasteiger partial charge in [0, 0.05) is 0 Å². The average molecular weight is 269 g/mol. The van der Waals surface area contributed by atoms with Crippen molar-refractivity contribution in [3.8, 4) is 5.88 Å². The van der Waals surface area contributed by atoms with Gasteiger partial charge in [-0.2, -0.15) is 0 Å². The fourth-order valence-corrected chi connectivity index (χ4v) is 3.23. The summed E-state index contributed by atoms with van der Waals surface area (Å²) in [6, 6.07) is 0. The summed E-state index contributed by atoms with van der Waals surface area (Å²) in [5.41, 5.74) is 0.369. The van der Waals surface area contributed by atoms with Gasteiger partial charge in [0.05, 0.1) is 11.1 Å². The first-order valence-electron chi connectivity index (χ1n) is 6.27. The topological polar surface area (TPSA) is 59.4 Å². The van der Waals surface area contributed by atoms with Crippen LogP contribution < -0.4 is 4.74 Å². The number of aromatic carboxylic acids is 1. The maximum absolute atomic E-state index is 11.1. The predicted octanol–water partition coefficient (Wildman–Crippen LogP) is 3.50. The lowest BCUT2D eigenvalue weighted by Crippen LogP contribution is -2.31. The van der Waals surface area contributed by atoms with Crippen LogP contribution in [-0.2, 0) is 0 Å². The largest absolute Gasteiger partial charge is 0.477 e. The molecule has 0 amide bonds. The maximum Gasteiger partial charge on any atom is 0.351 e. The summed E-state index contributed by atoms with van der Waals surface area (Å²) in [5.74, 6) is -0.682. The first kappa shape index (κ1) is 13.3. The molecule has 0 aromatic carbocycles. The van der Waals surface area contributed by atoms with Gasteiger partial charge >= 0.3 is 5.97 Å². The molecule has 18 heavy (non-hydrogen) atoms. The molecule has 1 aromatic heterocycles. The molecule has 1 heterocycles. The number of carboxylic acid groups (broad SMARTS) is 1. The van der Waals surface area contributed by atoms with Gasteiger partial charge in [-0.05, 0) is 38.5 Å². The van der Waals surface area contributed by atoms with Crippen molar-refractivity contribution in [2.24, 2.45) is 5.41 Å². The SMILES string of the molecule is Cc1nc(O[C@@H](C)CC2(C)CCC2)c(C(=O)O)s1. The molecule has 0 radical (unpaired) electrons. The number of thiazole rings is 1. The van der Waals surface area contributed by atoms with Crippen molar-refractivity contribution < 1.29 is 14.6 Å². The minimum atomic E-state index is -0.961. The fourth-order valence-electron chi connectivity index (χ4n) is 2.53. The Morgan fingerprint density at radius 1 is 1.61 bits per heavy atom. The second-order valence-electron chi connectivity index (χ2n) is 5.47. The third kappa shape index (κ3) is 2.83. The highest BCUT2D eigenvalue weighted by Gasteiger charge is 2.34. The van der Waals surface area contributed by atoms with Crippen molar-refractivity contribution in [3.63, 3.8) is 0 Å². The lowest BCUT2D eigenvalue weighted by atomic mass is 9.67. The summed E-state index contributed by atoms with van der Waals surface area (Å²) in [5, 5.41) is 9.80. The van der Waals surface area contributed by atoms with Crippen molar-refractivity contribution in [3.05, 3.63) is 9.88 Å². The van der Waals surface area contributed by atoms with Crippen LogP contribution in [0.2, 0.25) is 0 Å². The van der Waals surface area contributed by atoms with E-state index in [-0.39, 0.29) is 16.9 Å². The molecule has 1 aliphatic rings. The summed E-state index contributed by atoms with van der Waals surface area (Å²) in [4.78, 5) is 15.4. The van der Waals surface area contributed by atoms with Gasteiger partial charge < -0.3 is 9.84 Å². The van der Waals surface area contributed by atoms with Crippen LogP contribution in [0.4, 0.5) is 0 Å². The van der Waals surface area contributed by atoms with Gasteiger partial charge in [-0.3, -0.25) is 0 Å². The second kappa shape index (κ2) is 4.88. The Labute approximate surface area is 111 Å². The number of aromatic nitrogens is 1. The van der Waals surface area contributed by atoms with Crippen molar-refractivity contribution in [2.45, 2.75) is 52.6 Å². The van der Waals surface area contributed by atoms with Gasteiger partial charge in [-0.1, -0.05) is 13.3 Å². The highest BCUT2D eigenvalue weighted by molar-refractivity contribution is 7.13. The van der Waals surface area contributed by atoms with E-state index in [1.165, 1.54) is 30.6 Å². The fraction of sp³-hybridized carbons (Fsp3) is 0.692. The second-order valence-corrected chi connectivity index (χ2v) is 6.67.